The molecule has 1 aromatic carbocycles. The fraction of sp³-hybridized carbons (Fsp3) is 0.742. The Bertz CT molecular complexity index is 949. The second-order valence-electron chi connectivity index (χ2n) is 11.5. The van der Waals surface area contributed by atoms with Crippen LogP contribution < -0.4 is 4.74 Å². The average Bonchev–Trinajstić information content (AvgIpc) is 2.97. The average molecular weight is 596 g/mol. The Morgan fingerprint density at radius 1 is 1.14 bits per heavy atom. The summed E-state index contributed by atoms with van der Waals surface area (Å²) in [5.74, 6) is 0.373. The van der Waals surface area contributed by atoms with Gasteiger partial charge in [0.15, 0.2) is 0 Å². The molecule has 11 nitrogen and oxygen atoms in total. The van der Waals surface area contributed by atoms with Gasteiger partial charge in [-0.05, 0) is 43.5 Å². The summed E-state index contributed by atoms with van der Waals surface area (Å²) < 4.78 is 22.0. The van der Waals surface area contributed by atoms with E-state index in [1.54, 1.807) is 19.1 Å². The van der Waals surface area contributed by atoms with Crippen molar-refractivity contribution in [2.75, 3.05) is 80.9 Å². The normalized spacial score (nSPS) is 25.3. The molecule has 0 unspecified atom stereocenters. The minimum absolute atomic E-state index is 0.0210. The Kier molecular flexibility index (Phi) is 15.7. The zero-order valence-electron chi connectivity index (χ0n) is 26.5. The van der Waals surface area contributed by atoms with Crippen LogP contribution in [0.5, 0.6) is 5.75 Å². The van der Waals surface area contributed by atoms with E-state index in [-0.39, 0.29) is 49.4 Å². The number of ether oxygens (including phenoxy) is 4. The highest BCUT2D eigenvalue weighted by molar-refractivity contribution is 5.79. The molecule has 0 aromatic heterocycles. The monoisotopic (exact) mass is 595 g/mol. The van der Waals surface area contributed by atoms with E-state index in [0.29, 0.717) is 51.4 Å². The molecule has 1 heterocycles. The van der Waals surface area contributed by atoms with Crippen molar-refractivity contribution < 1.29 is 38.7 Å². The van der Waals surface area contributed by atoms with E-state index < -0.39 is 18.3 Å². The van der Waals surface area contributed by atoms with E-state index in [2.05, 4.69) is 13.8 Å². The van der Waals surface area contributed by atoms with Gasteiger partial charge in [0.05, 0.1) is 32.9 Å². The lowest BCUT2D eigenvalue weighted by molar-refractivity contribution is -0.140. The van der Waals surface area contributed by atoms with Crippen LogP contribution >= 0.6 is 0 Å². The van der Waals surface area contributed by atoms with Gasteiger partial charge in [-0.1, -0.05) is 26.0 Å². The van der Waals surface area contributed by atoms with Gasteiger partial charge in [-0.25, -0.2) is 0 Å². The third-order valence-electron chi connectivity index (χ3n) is 8.02. The maximum absolute atomic E-state index is 14.1. The molecule has 240 valence electrons. The van der Waals surface area contributed by atoms with Crippen molar-refractivity contribution in [3.05, 3.63) is 29.8 Å². The zero-order valence-corrected chi connectivity index (χ0v) is 26.5. The number of aliphatic hydroxyl groups excluding tert-OH is 2. The number of benzene rings is 1. The molecule has 5 atom stereocenters. The topological polar surface area (TPSA) is 121 Å². The van der Waals surface area contributed by atoms with Crippen LogP contribution in [0.3, 0.4) is 0 Å². The van der Waals surface area contributed by atoms with Gasteiger partial charge in [-0.2, -0.15) is 0 Å². The van der Waals surface area contributed by atoms with Crippen molar-refractivity contribution in [2.24, 2.45) is 11.8 Å². The number of likely N-dealkylation sites (N-methyl/N-ethyl adjacent to an activating group) is 1. The van der Waals surface area contributed by atoms with E-state index in [0.717, 1.165) is 5.56 Å². The molecule has 1 saturated heterocycles. The van der Waals surface area contributed by atoms with E-state index in [1.807, 2.05) is 41.1 Å². The summed E-state index contributed by atoms with van der Waals surface area (Å²) >= 11 is 0. The molecule has 2 rings (SSSR count). The van der Waals surface area contributed by atoms with Gasteiger partial charge in [0.1, 0.15) is 24.1 Å². The van der Waals surface area contributed by atoms with Gasteiger partial charge in [0, 0.05) is 59.8 Å². The van der Waals surface area contributed by atoms with Crippen LogP contribution in [0.1, 0.15) is 45.2 Å². The largest absolute Gasteiger partial charge is 0.497 e. The lowest BCUT2D eigenvalue weighted by Crippen LogP contribution is -2.51. The second-order valence-corrected chi connectivity index (χ2v) is 11.5. The first-order chi connectivity index (χ1) is 20.0. The number of carbonyl (C=O) groups is 2. The molecule has 0 saturated carbocycles. The van der Waals surface area contributed by atoms with Gasteiger partial charge < -0.3 is 39.0 Å². The van der Waals surface area contributed by atoms with Gasteiger partial charge in [0.25, 0.3) is 0 Å². The maximum atomic E-state index is 14.1. The molecule has 1 aliphatic heterocycles. The van der Waals surface area contributed by atoms with Crippen molar-refractivity contribution in [3.63, 3.8) is 0 Å². The Morgan fingerprint density at radius 2 is 1.88 bits per heavy atom. The minimum atomic E-state index is -1.24. The summed E-state index contributed by atoms with van der Waals surface area (Å²) in [5, 5.41) is 21.4. The number of hydrogen-bond acceptors (Lipinski definition) is 9. The fourth-order valence-corrected chi connectivity index (χ4v) is 5.39. The highest BCUT2D eigenvalue weighted by Gasteiger charge is 2.37. The summed E-state index contributed by atoms with van der Waals surface area (Å²) in [4.78, 5) is 32.6. The third-order valence-corrected chi connectivity index (χ3v) is 8.02. The molecule has 2 amide bonds. The summed E-state index contributed by atoms with van der Waals surface area (Å²) in [5.41, 5.74) is 0.920. The maximum Gasteiger partial charge on any atom is 0.237 e. The number of nitrogens with zero attached hydrogens (tertiary/aromatic N) is 3. The van der Waals surface area contributed by atoms with Crippen molar-refractivity contribution >= 4 is 11.8 Å². The standard InChI is InChI=1S/C31H53N3O8/c1-22(2)26-18-33(23(3)35)19-28(41-7)31(38)27(36)21-42-15-9-8-13-34(29(37)20-32(4)14-16-39-5)30(26)24-11-10-12-25(17-24)40-6/h10-12,17,22,26-28,30-31,36,38H,8-9,13-16,18-21H2,1-7H3/t26-,27+,28+,30-,31+/m1/s1. The van der Waals surface area contributed by atoms with Gasteiger partial charge >= 0.3 is 0 Å². The first-order valence-corrected chi connectivity index (χ1v) is 14.9. The van der Waals surface area contributed by atoms with Crippen LogP contribution in [0.15, 0.2) is 24.3 Å². The van der Waals surface area contributed by atoms with Crippen molar-refractivity contribution in [1.82, 2.24) is 14.7 Å². The quantitative estimate of drug-likeness (QED) is 0.440. The van der Waals surface area contributed by atoms with E-state index in [4.69, 9.17) is 18.9 Å². The van der Waals surface area contributed by atoms with Crippen LogP contribution in [0, 0.1) is 11.8 Å². The number of hydrogen-bond donors (Lipinski definition) is 2. The molecule has 1 aliphatic rings. The lowest BCUT2D eigenvalue weighted by Gasteiger charge is -2.42. The Balaban J connectivity index is 2.64. The number of carbonyl (C=O) groups excluding carboxylic acids is 2. The van der Waals surface area contributed by atoms with Gasteiger partial charge in [-0.3, -0.25) is 14.5 Å². The fourth-order valence-electron chi connectivity index (χ4n) is 5.39. The summed E-state index contributed by atoms with van der Waals surface area (Å²) in [6.45, 7) is 8.20. The molecule has 0 aliphatic carbocycles. The number of aliphatic hydroxyl groups is 2. The predicted octanol–water partition coefficient (Wildman–Crippen LogP) is 1.81. The number of methoxy groups -OCH3 is 3. The van der Waals surface area contributed by atoms with E-state index in [1.165, 1.54) is 14.0 Å². The molecular weight excluding hydrogens is 542 g/mol. The molecule has 1 fully saturated rings. The number of amides is 2. The Labute approximate surface area is 251 Å². The minimum Gasteiger partial charge on any atom is -0.497 e. The molecule has 2 N–H and O–H groups in total. The zero-order chi connectivity index (χ0) is 31.2. The first kappa shape index (κ1) is 35.9. The van der Waals surface area contributed by atoms with Crippen molar-refractivity contribution in [3.8, 4) is 5.75 Å². The van der Waals surface area contributed by atoms with Gasteiger partial charge in [-0.15, -0.1) is 0 Å². The highest BCUT2D eigenvalue weighted by atomic mass is 16.5. The first-order valence-electron chi connectivity index (χ1n) is 14.9. The van der Waals surface area contributed by atoms with E-state index >= 15 is 0 Å². The Hall–Kier alpha value is -2.28. The van der Waals surface area contributed by atoms with Crippen LogP contribution in [-0.4, -0.2) is 136 Å². The molecule has 1 aromatic rings. The van der Waals surface area contributed by atoms with Gasteiger partial charge in [0.2, 0.25) is 11.8 Å². The van der Waals surface area contributed by atoms with Crippen LogP contribution in [0.2, 0.25) is 0 Å². The van der Waals surface area contributed by atoms with Crippen molar-refractivity contribution in [1.29, 1.82) is 0 Å². The highest BCUT2D eigenvalue weighted by Crippen LogP contribution is 2.36. The second kappa shape index (κ2) is 18.4. The molecule has 0 spiro atoms. The SMILES string of the molecule is COCCN(C)CC(=O)N1CCCCOC[C@H](O)[C@H](O)[C@@H](OC)CN(C(C)=O)C[C@H](C(C)C)[C@H]1c1cccc(OC)c1. The van der Waals surface area contributed by atoms with Crippen LogP contribution in [-0.2, 0) is 23.8 Å². The van der Waals surface area contributed by atoms with Crippen molar-refractivity contribution in [2.45, 2.75) is 58.0 Å². The third kappa shape index (κ3) is 10.8. The summed E-state index contributed by atoms with van der Waals surface area (Å²) in [6, 6.07) is 7.39. The summed E-state index contributed by atoms with van der Waals surface area (Å²) in [7, 11) is 6.61. The Morgan fingerprint density at radius 3 is 2.50 bits per heavy atom. The van der Waals surface area contributed by atoms with Crippen LogP contribution in [0.25, 0.3) is 0 Å². The predicted molar refractivity (Wildman–Crippen MR) is 160 cm³/mol. The molecule has 42 heavy (non-hydrogen) atoms. The molecule has 0 radical (unpaired) electrons. The summed E-state index contributed by atoms with van der Waals surface area (Å²) in [6.07, 6.45) is -1.90. The smallest absolute Gasteiger partial charge is 0.237 e. The lowest BCUT2D eigenvalue weighted by atomic mass is 9.82. The van der Waals surface area contributed by atoms with Crippen LogP contribution in [0.4, 0.5) is 0 Å². The molecule has 0 bridgehead atoms. The van der Waals surface area contributed by atoms with E-state index in [9.17, 15) is 19.8 Å². The number of rotatable bonds is 9. The molecular formula is C31H53N3O8. The molecule has 11 heteroatoms.